The van der Waals surface area contributed by atoms with Gasteiger partial charge < -0.3 is 4.90 Å². The van der Waals surface area contributed by atoms with Crippen molar-refractivity contribution < 1.29 is 4.79 Å². The maximum atomic E-state index is 12.0. The number of unbranched alkanes of at least 4 members (excludes halogenated alkanes) is 2. The molecular formula is C16H24BrNO. The number of carbonyl (C=O) groups excluding carboxylic acids is 1. The van der Waals surface area contributed by atoms with E-state index >= 15 is 0 Å². The second-order valence-electron chi connectivity index (χ2n) is 5.05. The third-order valence-corrected chi connectivity index (χ3v) is 3.82. The zero-order chi connectivity index (χ0) is 14.1. The number of hydrogen-bond donors (Lipinski definition) is 0. The summed E-state index contributed by atoms with van der Waals surface area (Å²) in [6.45, 7) is 2.96. The van der Waals surface area contributed by atoms with Gasteiger partial charge in [-0.25, -0.2) is 0 Å². The zero-order valence-corrected chi connectivity index (χ0v) is 13.6. The molecule has 106 valence electrons. The fourth-order valence-corrected chi connectivity index (χ4v) is 2.45. The van der Waals surface area contributed by atoms with Crippen molar-refractivity contribution in [2.75, 3.05) is 18.9 Å². The monoisotopic (exact) mass is 325 g/mol. The molecule has 0 heterocycles. The molecule has 0 saturated heterocycles. The van der Waals surface area contributed by atoms with Crippen LogP contribution >= 0.6 is 15.9 Å². The minimum absolute atomic E-state index is 0.250. The van der Waals surface area contributed by atoms with Crippen molar-refractivity contribution >= 4 is 21.8 Å². The normalized spacial score (nSPS) is 10.5. The van der Waals surface area contributed by atoms with Crippen LogP contribution in [0, 0.1) is 6.92 Å². The first-order valence-corrected chi connectivity index (χ1v) is 8.11. The van der Waals surface area contributed by atoms with E-state index in [1.165, 1.54) is 24.0 Å². The Morgan fingerprint density at radius 3 is 2.74 bits per heavy atom. The van der Waals surface area contributed by atoms with Gasteiger partial charge in [0, 0.05) is 25.3 Å². The smallest absolute Gasteiger partial charge is 0.222 e. The van der Waals surface area contributed by atoms with Crippen molar-refractivity contribution in [2.45, 2.75) is 39.0 Å². The number of hydrogen-bond acceptors (Lipinski definition) is 1. The van der Waals surface area contributed by atoms with E-state index < -0.39 is 0 Å². The Morgan fingerprint density at radius 1 is 1.26 bits per heavy atom. The number of aryl methyl sites for hydroxylation is 2. The number of nitrogens with zero attached hydrogens (tertiary/aromatic N) is 1. The van der Waals surface area contributed by atoms with Gasteiger partial charge in [-0.2, -0.15) is 0 Å². The molecule has 1 amide bonds. The standard InChI is InChI=1S/C16H24BrNO/c1-14-7-6-8-15(13-14)9-10-16(19)18(2)12-5-3-4-11-17/h6-8,13H,3-5,9-12H2,1-2H3. The highest BCUT2D eigenvalue weighted by Crippen LogP contribution is 2.08. The SMILES string of the molecule is Cc1cccc(CCC(=O)N(C)CCCCCBr)c1. The van der Waals surface area contributed by atoms with Gasteiger partial charge in [-0.05, 0) is 31.7 Å². The van der Waals surface area contributed by atoms with Gasteiger partial charge in [0.2, 0.25) is 5.91 Å². The predicted molar refractivity (Wildman–Crippen MR) is 84.8 cm³/mol. The fourth-order valence-electron chi connectivity index (χ4n) is 2.05. The first kappa shape index (κ1) is 16.2. The summed E-state index contributed by atoms with van der Waals surface area (Å²) in [5.74, 6) is 0.250. The van der Waals surface area contributed by atoms with Gasteiger partial charge in [-0.15, -0.1) is 0 Å². The van der Waals surface area contributed by atoms with E-state index in [1.54, 1.807) is 0 Å². The maximum absolute atomic E-state index is 12.0. The molecule has 0 unspecified atom stereocenters. The van der Waals surface area contributed by atoms with Crippen molar-refractivity contribution in [3.05, 3.63) is 35.4 Å². The number of alkyl halides is 1. The maximum Gasteiger partial charge on any atom is 0.222 e. The number of halogens is 1. The third-order valence-electron chi connectivity index (χ3n) is 3.26. The quantitative estimate of drug-likeness (QED) is 0.523. The summed E-state index contributed by atoms with van der Waals surface area (Å²) in [5.41, 5.74) is 2.51. The van der Waals surface area contributed by atoms with E-state index in [0.717, 1.165) is 24.7 Å². The molecule has 0 N–H and O–H groups in total. The molecule has 0 aliphatic rings. The van der Waals surface area contributed by atoms with Crippen LogP contribution in [0.3, 0.4) is 0 Å². The van der Waals surface area contributed by atoms with Crippen LogP contribution in [0.4, 0.5) is 0 Å². The zero-order valence-electron chi connectivity index (χ0n) is 12.0. The van der Waals surface area contributed by atoms with Crippen molar-refractivity contribution in [3.63, 3.8) is 0 Å². The van der Waals surface area contributed by atoms with Gasteiger partial charge in [0.25, 0.3) is 0 Å². The molecule has 0 bridgehead atoms. The van der Waals surface area contributed by atoms with Crippen LogP contribution < -0.4 is 0 Å². The number of rotatable bonds is 8. The summed E-state index contributed by atoms with van der Waals surface area (Å²) < 4.78 is 0. The molecule has 19 heavy (non-hydrogen) atoms. The summed E-state index contributed by atoms with van der Waals surface area (Å²) in [6, 6.07) is 8.39. The lowest BCUT2D eigenvalue weighted by atomic mass is 10.1. The van der Waals surface area contributed by atoms with E-state index in [2.05, 4.69) is 47.1 Å². The molecule has 1 rings (SSSR count). The number of carbonyl (C=O) groups is 1. The Balaban J connectivity index is 2.26. The molecule has 0 aliphatic heterocycles. The van der Waals surface area contributed by atoms with Gasteiger partial charge in [-0.3, -0.25) is 4.79 Å². The molecule has 0 radical (unpaired) electrons. The van der Waals surface area contributed by atoms with Gasteiger partial charge in [0.05, 0.1) is 0 Å². The van der Waals surface area contributed by atoms with Crippen molar-refractivity contribution in [1.29, 1.82) is 0 Å². The molecule has 2 nitrogen and oxygen atoms in total. The molecule has 1 aromatic rings. The van der Waals surface area contributed by atoms with Crippen LogP contribution in [0.1, 0.15) is 36.8 Å². The van der Waals surface area contributed by atoms with E-state index in [-0.39, 0.29) is 5.91 Å². The van der Waals surface area contributed by atoms with Gasteiger partial charge in [0.15, 0.2) is 0 Å². The molecule has 0 fully saturated rings. The van der Waals surface area contributed by atoms with Crippen LogP contribution in [0.2, 0.25) is 0 Å². The van der Waals surface area contributed by atoms with Gasteiger partial charge >= 0.3 is 0 Å². The lowest BCUT2D eigenvalue weighted by molar-refractivity contribution is -0.129. The summed E-state index contributed by atoms with van der Waals surface area (Å²) in [5, 5.41) is 1.05. The number of benzene rings is 1. The van der Waals surface area contributed by atoms with Crippen LogP contribution in [0.5, 0.6) is 0 Å². The Hall–Kier alpha value is -0.830. The molecule has 1 aromatic carbocycles. The highest BCUT2D eigenvalue weighted by Gasteiger charge is 2.08. The topological polar surface area (TPSA) is 20.3 Å². The lowest BCUT2D eigenvalue weighted by Gasteiger charge is -2.17. The molecule has 3 heteroatoms. The van der Waals surface area contributed by atoms with E-state index in [1.807, 2.05) is 11.9 Å². The highest BCUT2D eigenvalue weighted by molar-refractivity contribution is 9.09. The van der Waals surface area contributed by atoms with E-state index in [4.69, 9.17) is 0 Å². The minimum atomic E-state index is 0.250. The summed E-state index contributed by atoms with van der Waals surface area (Å²) in [4.78, 5) is 13.8. The second kappa shape index (κ2) is 9.13. The minimum Gasteiger partial charge on any atom is -0.346 e. The van der Waals surface area contributed by atoms with Crippen LogP contribution in [-0.2, 0) is 11.2 Å². The van der Waals surface area contributed by atoms with Crippen LogP contribution in [0.25, 0.3) is 0 Å². The average molecular weight is 326 g/mol. The summed E-state index contributed by atoms with van der Waals surface area (Å²) in [7, 11) is 1.91. The Kier molecular flexibility index (Phi) is 7.80. The fraction of sp³-hybridized carbons (Fsp3) is 0.562. The van der Waals surface area contributed by atoms with Crippen molar-refractivity contribution in [2.24, 2.45) is 0 Å². The van der Waals surface area contributed by atoms with Gasteiger partial charge in [-0.1, -0.05) is 52.2 Å². The van der Waals surface area contributed by atoms with Crippen molar-refractivity contribution in [3.8, 4) is 0 Å². The van der Waals surface area contributed by atoms with Crippen LogP contribution in [0.15, 0.2) is 24.3 Å². The third kappa shape index (κ3) is 6.76. The van der Waals surface area contributed by atoms with E-state index in [9.17, 15) is 4.79 Å². The molecule has 0 aromatic heterocycles. The number of amides is 1. The average Bonchev–Trinajstić information content (AvgIpc) is 2.41. The highest BCUT2D eigenvalue weighted by atomic mass is 79.9. The molecular weight excluding hydrogens is 302 g/mol. The first-order chi connectivity index (χ1) is 9.13. The molecule has 0 atom stereocenters. The molecule has 0 saturated carbocycles. The second-order valence-corrected chi connectivity index (χ2v) is 5.85. The molecule has 0 spiro atoms. The summed E-state index contributed by atoms with van der Waals surface area (Å²) >= 11 is 3.42. The predicted octanol–water partition coefficient (Wildman–Crippen LogP) is 3.95. The van der Waals surface area contributed by atoms with E-state index in [0.29, 0.717) is 6.42 Å². The largest absolute Gasteiger partial charge is 0.346 e. The Bertz CT molecular complexity index is 392. The Labute approximate surface area is 125 Å². The first-order valence-electron chi connectivity index (χ1n) is 6.99. The lowest BCUT2D eigenvalue weighted by Crippen LogP contribution is -2.27. The van der Waals surface area contributed by atoms with Crippen molar-refractivity contribution in [1.82, 2.24) is 4.90 Å². The van der Waals surface area contributed by atoms with Crippen LogP contribution in [-0.4, -0.2) is 29.7 Å². The summed E-state index contributed by atoms with van der Waals surface area (Å²) in [6.07, 6.45) is 4.91. The molecule has 0 aliphatic carbocycles. The van der Waals surface area contributed by atoms with Gasteiger partial charge in [0.1, 0.15) is 0 Å². The Morgan fingerprint density at radius 2 is 2.05 bits per heavy atom.